The standard InChI is InChI=1S/C15H21N3O/c1-2-11-19-14-6-3-5-13(15(14)17)18(10-4-9-16)12-7-8-12/h3,5-6,12H,2,4,7-8,10-11,17H2,1H3. The maximum atomic E-state index is 8.77. The van der Waals surface area contributed by atoms with Gasteiger partial charge in [-0.3, -0.25) is 0 Å². The number of ether oxygens (including phenoxy) is 1. The van der Waals surface area contributed by atoms with Crippen molar-refractivity contribution in [2.24, 2.45) is 0 Å². The Balaban J connectivity index is 2.19. The molecule has 0 heterocycles. The number of nitriles is 1. The Hall–Kier alpha value is -1.89. The Bertz CT molecular complexity index is 463. The van der Waals surface area contributed by atoms with E-state index in [2.05, 4.69) is 17.9 Å². The zero-order chi connectivity index (χ0) is 13.7. The summed E-state index contributed by atoms with van der Waals surface area (Å²) in [5.41, 5.74) is 7.91. The van der Waals surface area contributed by atoms with E-state index in [1.165, 1.54) is 12.8 Å². The van der Waals surface area contributed by atoms with Gasteiger partial charge < -0.3 is 15.4 Å². The van der Waals surface area contributed by atoms with Gasteiger partial charge in [0.2, 0.25) is 0 Å². The first-order valence-electron chi connectivity index (χ1n) is 6.92. The molecule has 0 aromatic heterocycles. The zero-order valence-corrected chi connectivity index (χ0v) is 11.4. The molecule has 1 aromatic carbocycles. The summed E-state index contributed by atoms with van der Waals surface area (Å²) in [6, 6.07) is 8.64. The van der Waals surface area contributed by atoms with Crippen molar-refractivity contribution in [3.63, 3.8) is 0 Å². The quantitative estimate of drug-likeness (QED) is 0.765. The van der Waals surface area contributed by atoms with E-state index in [1.54, 1.807) is 0 Å². The fraction of sp³-hybridized carbons (Fsp3) is 0.533. The summed E-state index contributed by atoms with van der Waals surface area (Å²) in [6.45, 7) is 3.49. The van der Waals surface area contributed by atoms with Crippen LogP contribution in [0.15, 0.2) is 18.2 Å². The first-order chi connectivity index (χ1) is 9.27. The molecule has 0 unspecified atom stereocenters. The molecule has 102 valence electrons. The van der Waals surface area contributed by atoms with E-state index in [4.69, 9.17) is 15.7 Å². The highest BCUT2D eigenvalue weighted by Crippen LogP contribution is 2.38. The number of para-hydroxylation sites is 1. The van der Waals surface area contributed by atoms with E-state index in [0.717, 1.165) is 24.4 Å². The normalized spacial score (nSPS) is 13.9. The topological polar surface area (TPSA) is 62.3 Å². The lowest BCUT2D eigenvalue weighted by Crippen LogP contribution is -2.27. The molecule has 19 heavy (non-hydrogen) atoms. The van der Waals surface area contributed by atoms with Crippen molar-refractivity contribution < 1.29 is 4.74 Å². The molecule has 1 aliphatic rings. The average Bonchev–Trinajstić information content (AvgIpc) is 3.24. The molecule has 2 N–H and O–H groups in total. The second-order valence-electron chi connectivity index (χ2n) is 4.87. The molecule has 0 aliphatic heterocycles. The molecule has 4 heteroatoms. The molecule has 0 amide bonds. The van der Waals surface area contributed by atoms with Gasteiger partial charge in [0.1, 0.15) is 5.75 Å². The van der Waals surface area contributed by atoms with Crippen molar-refractivity contribution in [1.82, 2.24) is 0 Å². The minimum Gasteiger partial charge on any atom is -0.491 e. The minimum atomic E-state index is 0.524. The minimum absolute atomic E-state index is 0.524. The highest BCUT2D eigenvalue weighted by atomic mass is 16.5. The number of hydrogen-bond donors (Lipinski definition) is 1. The predicted molar refractivity (Wildman–Crippen MR) is 77.2 cm³/mol. The Kier molecular flexibility index (Phi) is 4.51. The molecule has 4 nitrogen and oxygen atoms in total. The third-order valence-electron chi connectivity index (χ3n) is 3.27. The van der Waals surface area contributed by atoms with Crippen LogP contribution in [-0.2, 0) is 0 Å². The van der Waals surface area contributed by atoms with Crippen molar-refractivity contribution >= 4 is 11.4 Å². The molecule has 0 saturated heterocycles. The molecular formula is C15H21N3O. The number of benzene rings is 1. The SMILES string of the molecule is CCCOc1cccc(N(CCC#N)C2CC2)c1N. The van der Waals surface area contributed by atoms with Crippen LogP contribution in [0.5, 0.6) is 5.75 Å². The van der Waals surface area contributed by atoms with Crippen LogP contribution in [0.3, 0.4) is 0 Å². The monoisotopic (exact) mass is 259 g/mol. The lowest BCUT2D eigenvalue weighted by Gasteiger charge is -2.26. The van der Waals surface area contributed by atoms with Gasteiger partial charge in [-0.25, -0.2) is 0 Å². The smallest absolute Gasteiger partial charge is 0.144 e. The Morgan fingerprint density at radius 1 is 1.47 bits per heavy atom. The lowest BCUT2D eigenvalue weighted by atomic mass is 10.2. The van der Waals surface area contributed by atoms with Gasteiger partial charge in [0.25, 0.3) is 0 Å². The van der Waals surface area contributed by atoms with Gasteiger partial charge in [-0.2, -0.15) is 5.26 Å². The van der Waals surface area contributed by atoms with Crippen LogP contribution < -0.4 is 15.4 Å². The van der Waals surface area contributed by atoms with E-state index >= 15 is 0 Å². The van der Waals surface area contributed by atoms with Gasteiger partial charge >= 0.3 is 0 Å². The fourth-order valence-corrected chi connectivity index (χ4v) is 2.18. The highest BCUT2D eigenvalue weighted by Gasteiger charge is 2.30. The molecule has 0 radical (unpaired) electrons. The molecule has 1 fully saturated rings. The third-order valence-corrected chi connectivity index (χ3v) is 3.27. The first kappa shape index (κ1) is 13.5. The van der Waals surface area contributed by atoms with E-state index in [1.807, 2.05) is 18.2 Å². The van der Waals surface area contributed by atoms with Gasteiger partial charge in [0, 0.05) is 12.6 Å². The van der Waals surface area contributed by atoms with E-state index in [0.29, 0.717) is 24.8 Å². The number of nitrogen functional groups attached to an aromatic ring is 1. The first-order valence-corrected chi connectivity index (χ1v) is 6.92. The number of anilines is 2. The maximum Gasteiger partial charge on any atom is 0.144 e. The van der Waals surface area contributed by atoms with Crippen molar-refractivity contribution in [3.8, 4) is 11.8 Å². The van der Waals surface area contributed by atoms with Crippen LogP contribution in [0.1, 0.15) is 32.6 Å². The van der Waals surface area contributed by atoms with Crippen molar-refractivity contribution in [1.29, 1.82) is 5.26 Å². The average molecular weight is 259 g/mol. The van der Waals surface area contributed by atoms with E-state index in [9.17, 15) is 0 Å². The molecule has 0 spiro atoms. The molecule has 0 bridgehead atoms. The number of nitrogens with two attached hydrogens (primary N) is 1. The second-order valence-corrected chi connectivity index (χ2v) is 4.87. The fourth-order valence-electron chi connectivity index (χ4n) is 2.18. The summed E-state index contributed by atoms with van der Waals surface area (Å²) in [5, 5.41) is 8.77. The molecule has 0 atom stereocenters. The molecular weight excluding hydrogens is 238 g/mol. The van der Waals surface area contributed by atoms with Crippen LogP contribution in [0.2, 0.25) is 0 Å². The number of nitrogens with zero attached hydrogens (tertiary/aromatic N) is 2. The van der Waals surface area contributed by atoms with Gasteiger partial charge in [0.15, 0.2) is 0 Å². The second kappa shape index (κ2) is 6.33. The third kappa shape index (κ3) is 3.31. The van der Waals surface area contributed by atoms with Crippen LogP contribution in [0.4, 0.5) is 11.4 Å². The lowest BCUT2D eigenvalue weighted by molar-refractivity contribution is 0.319. The number of hydrogen-bond acceptors (Lipinski definition) is 4. The van der Waals surface area contributed by atoms with Crippen molar-refractivity contribution in [3.05, 3.63) is 18.2 Å². The summed E-state index contributed by atoms with van der Waals surface area (Å²) >= 11 is 0. The van der Waals surface area contributed by atoms with E-state index in [-0.39, 0.29) is 0 Å². The summed E-state index contributed by atoms with van der Waals surface area (Å²) < 4.78 is 5.66. The van der Waals surface area contributed by atoms with Crippen LogP contribution in [0.25, 0.3) is 0 Å². The predicted octanol–water partition coefficient (Wildman–Crippen LogP) is 2.94. The Morgan fingerprint density at radius 3 is 2.89 bits per heavy atom. The highest BCUT2D eigenvalue weighted by molar-refractivity contribution is 5.74. The number of rotatable bonds is 7. The van der Waals surface area contributed by atoms with Crippen LogP contribution >= 0.6 is 0 Å². The Labute approximate surface area is 114 Å². The molecule has 1 aliphatic carbocycles. The zero-order valence-electron chi connectivity index (χ0n) is 11.4. The van der Waals surface area contributed by atoms with Crippen molar-refractivity contribution in [2.45, 2.75) is 38.6 Å². The largest absolute Gasteiger partial charge is 0.491 e. The van der Waals surface area contributed by atoms with Crippen molar-refractivity contribution in [2.75, 3.05) is 23.8 Å². The van der Waals surface area contributed by atoms with Crippen LogP contribution in [-0.4, -0.2) is 19.2 Å². The van der Waals surface area contributed by atoms with Gasteiger partial charge in [-0.05, 0) is 31.4 Å². The summed E-state index contributed by atoms with van der Waals surface area (Å²) in [5.74, 6) is 0.752. The molecule has 1 saturated carbocycles. The summed E-state index contributed by atoms with van der Waals surface area (Å²) in [4.78, 5) is 2.25. The van der Waals surface area contributed by atoms with E-state index < -0.39 is 0 Å². The van der Waals surface area contributed by atoms with Gasteiger partial charge in [-0.15, -0.1) is 0 Å². The summed E-state index contributed by atoms with van der Waals surface area (Å²) in [7, 11) is 0. The van der Waals surface area contributed by atoms with Gasteiger partial charge in [0.05, 0.1) is 30.5 Å². The summed E-state index contributed by atoms with van der Waals surface area (Å²) in [6.07, 6.45) is 3.86. The molecule has 2 rings (SSSR count). The maximum absolute atomic E-state index is 8.77. The Morgan fingerprint density at radius 2 is 2.26 bits per heavy atom. The molecule has 1 aromatic rings. The van der Waals surface area contributed by atoms with Gasteiger partial charge in [-0.1, -0.05) is 13.0 Å². The van der Waals surface area contributed by atoms with Crippen LogP contribution in [0, 0.1) is 11.3 Å².